The summed E-state index contributed by atoms with van der Waals surface area (Å²) in [5.41, 5.74) is 1.35. The van der Waals surface area contributed by atoms with Gasteiger partial charge in [0.15, 0.2) is 0 Å². The van der Waals surface area contributed by atoms with Crippen LogP contribution in [0.1, 0.15) is 13.3 Å². The zero-order valence-corrected chi connectivity index (χ0v) is 15.1. The molecule has 0 aromatic rings. The molecule has 0 spiro atoms. The van der Waals surface area contributed by atoms with Gasteiger partial charge in [-0.05, 0) is 0 Å². The fraction of sp³-hybridized carbons (Fsp3) is 0.667. The van der Waals surface area contributed by atoms with E-state index in [2.05, 4.69) is 28.9 Å². The van der Waals surface area contributed by atoms with E-state index in [9.17, 15) is 0 Å². The van der Waals surface area contributed by atoms with E-state index >= 15 is 0 Å². The minimum atomic E-state index is -2.64. The van der Waals surface area contributed by atoms with E-state index in [1.807, 2.05) is 0 Å². The summed E-state index contributed by atoms with van der Waals surface area (Å²) < 4.78 is 18.3. The topological polar surface area (TPSA) is 27.7 Å². The molecule has 0 unspecified atom stereocenters. The van der Waals surface area contributed by atoms with Gasteiger partial charge in [-0.2, -0.15) is 0 Å². The van der Waals surface area contributed by atoms with Crippen molar-refractivity contribution in [2.75, 3.05) is 21.3 Å². The maximum absolute atomic E-state index is 5.56. The second-order valence-corrected chi connectivity index (χ2v) is 18.9. The first-order valence-corrected chi connectivity index (χ1v) is 14.9. The Morgan fingerprint density at radius 2 is 1.53 bits per heavy atom. The minimum absolute atomic E-state index is 1.05. The summed E-state index contributed by atoms with van der Waals surface area (Å²) in [5.74, 6) is 0. The van der Waals surface area contributed by atoms with Gasteiger partial charge in [0.1, 0.15) is 0 Å². The SMILES string of the molecule is CO[Si](OC)(OC)C1=CC[C]([Pt]([CH3])([CH3])[CH3])=C1C. The molecule has 0 saturated heterocycles. The van der Waals surface area contributed by atoms with E-state index in [1.165, 1.54) is 10.8 Å². The van der Waals surface area contributed by atoms with Crippen molar-refractivity contribution in [2.45, 2.75) is 29.3 Å². The Morgan fingerprint density at radius 3 is 1.82 bits per heavy atom. The van der Waals surface area contributed by atoms with Gasteiger partial charge in [0, 0.05) is 0 Å². The third kappa shape index (κ3) is 2.82. The van der Waals surface area contributed by atoms with Crippen LogP contribution in [-0.4, -0.2) is 30.1 Å². The average Bonchev–Trinajstić information content (AvgIpc) is 2.65. The van der Waals surface area contributed by atoms with Crippen molar-refractivity contribution in [1.29, 1.82) is 0 Å². The standard InChI is InChI=1S/C9H15O3Si.3CH3.Pt/c1-8-6-5-7-9(8)13(10-2,11-3)12-4;;;;/h7H,5H2,1-4H3;3*1H3;. The molecule has 0 bridgehead atoms. The van der Waals surface area contributed by atoms with Crippen molar-refractivity contribution in [2.24, 2.45) is 0 Å². The number of allylic oxidation sites excluding steroid dienone is 4. The van der Waals surface area contributed by atoms with Crippen LogP contribution in [0.5, 0.6) is 0 Å². The quantitative estimate of drug-likeness (QED) is 0.616. The summed E-state index contributed by atoms with van der Waals surface area (Å²) in [6.45, 7) is 2.18. The van der Waals surface area contributed by atoms with Gasteiger partial charge in [-0.25, -0.2) is 0 Å². The molecule has 0 radical (unpaired) electrons. The molecule has 1 rings (SSSR count). The molecule has 1 aliphatic rings. The molecule has 0 saturated carbocycles. The van der Waals surface area contributed by atoms with Gasteiger partial charge >= 0.3 is 110 Å². The molecule has 0 aromatic heterocycles. The van der Waals surface area contributed by atoms with E-state index < -0.39 is 24.9 Å². The van der Waals surface area contributed by atoms with Crippen LogP contribution in [0.25, 0.3) is 0 Å². The zero-order valence-electron chi connectivity index (χ0n) is 11.8. The van der Waals surface area contributed by atoms with Gasteiger partial charge in [0.05, 0.1) is 0 Å². The van der Waals surface area contributed by atoms with Crippen molar-refractivity contribution < 1.29 is 29.3 Å². The molecule has 104 valence electrons. The summed E-state index contributed by atoms with van der Waals surface area (Å²) in [5, 5.41) is 8.41. The third-order valence-corrected chi connectivity index (χ3v) is 11.3. The summed E-state index contributed by atoms with van der Waals surface area (Å²) in [4.78, 5) is 0. The number of hydrogen-bond acceptors (Lipinski definition) is 3. The Morgan fingerprint density at radius 1 is 1.06 bits per heavy atom. The number of hydrogen-bond donors (Lipinski definition) is 0. The van der Waals surface area contributed by atoms with Crippen molar-refractivity contribution in [3.8, 4) is 0 Å². The maximum atomic E-state index is 5.56. The molecule has 0 heterocycles. The molecule has 17 heavy (non-hydrogen) atoms. The summed E-state index contributed by atoms with van der Waals surface area (Å²) in [6.07, 6.45) is 3.29. The summed E-state index contributed by atoms with van der Waals surface area (Å²) >= 11 is -1.70. The fourth-order valence-corrected chi connectivity index (χ4v) is 8.98. The molecule has 0 amide bonds. The van der Waals surface area contributed by atoms with Gasteiger partial charge in [0.25, 0.3) is 0 Å². The van der Waals surface area contributed by atoms with E-state index in [0.717, 1.165) is 6.42 Å². The van der Waals surface area contributed by atoms with E-state index in [1.54, 1.807) is 25.3 Å². The molecular formula is C12H24O3PtSi. The van der Waals surface area contributed by atoms with Crippen molar-refractivity contribution >= 4 is 8.80 Å². The second-order valence-electron chi connectivity index (χ2n) is 4.41. The van der Waals surface area contributed by atoms with Gasteiger partial charge in [-0.15, -0.1) is 0 Å². The van der Waals surface area contributed by atoms with Crippen LogP contribution in [0.3, 0.4) is 0 Å². The Labute approximate surface area is 109 Å². The molecule has 0 fully saturated rings. The van der Waals surface area contributed by atoms with Gasteiger partial charge in [-0.1, -0.05) is 0 Å². The Balaban J connectivity index is 3.15. The number of rotatable bonds is 5. The molecule has 5 heteroatoms. The van der Waals surface area contributed by atoms with E-state index in [0.29, 0.717) is 0 Å². The Kier molecular flexibility index (Phi) is 4.95. The molecule has 0 atom stereocenters. The molecule has 3 nitrogen and oxygen atoms in total. The van der Waals surface area contributed by atoms with Crippen molar-refractivity contribution in [3.63, 3.8) is 0 Å². The van der Waals surface area contributed by atoms with Crippen LogP contribution in [0, 0.1) is 0 Å². The van der Waals surface area contributed by atoms with E-state index in [4.69, 9.17) is 13.3 Å². The van der Waals surface area contributed by atoms with Crippen molar-refractivity contribution in [3.05, 3.63) is 20.8 Å². The Bertz CT molecular complexity index is 343. The van der Waals surface area contributed by atoms with Gasteiger partial charge in [-0.3, -0.25) is 0 Å². The summed E-state index contributed by atoms with van der Waals surface area (Å²) in [6, 6.07) is 0. The van der Waals surface area contributed by atoms with Crippen LogP contribution in [-0.2, 0) is 29.3 Å². The van der Waals surface area contributed by atoms with Crippen LogP contribution >= 0.6 is 0 Å². The first-order chi connectivity index (χ1) is 7.82. The van der Waals surface area contributed by atoms with Crippen LogP contribution in [0.15, 0.2) is 20.8 Å². The molecule has 0 aliphatic heterocycles. The van der Waals surface area contributed by atoms with Gasteiger partial charge in [0.2, 0.25) is 0 Å². The van der Waals surface area contributed by atoms with Crippen LogP contribution in [0.2, 0.25) is 15.9 Å². The van der Waals surface area contributed by atoms with Crippen molar-refractivity contribution in [1.82, 2.24) is 0 Å². The first kappa shape index (κ1) is 15.3. The molecular weight excluding hydrogens is 415 g/mol. The molecule has 1 aliphatic carbocycles. The van der Waals surface area contributed by atoms with E-state index in [-0.39, 0.29) is 0 Å². The average molecular weight is 439 g/mol. The first-order valence-electron chi connectivity index (χ1n) is 5.24. The predicted molar refractivity (Wildman–Crippen MR) is 69.8 cm³/mol. The molecule has 0 aromatic carbocycles. The van der Waals surface area contributed by atoms with Gasteiger partial charge < -0.3 is 0 Å². The van der Waals surface area contributed by atoms with Crippen LogP contribution < -0.4 is 0 Å². The third-order valence-electron chi connectivity index (χ3n) is 2.97. The predicted octanol–water partition coefficient (Wildman–Crippen LogP) is 3.31. The monoisotopic (exact) mass is 439 g/mol. The Hall–Kier alpha value is 0.265. The molecule has 0 N–H and O–H groups in total. The normalized spacial score (nSPS) is 18.6. The zero-order chi connectivity index (χ0) is 13.3. The second kappa shape index (κ2) is 5.49. The fourth-order valence-electron chi connectivity index (χ4n) is 2.11. The summed E-state index contributed by atoms with van der Waals surface area (Å²) in [7, 11) is 2.37. The van der Waals surface area contributed by atoms with Crippen LogP contribution in [0.4, 0.5) is 0 Å².